The quantitative estimate of drug-likeness (QED) is 0.439. The average molecular weight is 389 g/mol. The van der Waals surface area contributed by atoms with Crippen LogP contribution in [0.5, 0.6) is 0 Å². The van der Waals surface area contributed by atoms with E-state index in [1.165, 1.54) is 49.5 Å². The van der Waals surface area contributed by atoms with Crippen LogP contribution in [0.3, 0.4) is 0 Å². The summed E-state index contributed by atoms with van der Waals surface area (Å²) in [4.78, 5) is 46.9. The van der Waals surface area contributed by atoms with Crippen LogP contribution in [-0.2, 0) is 14.3 Å². The Morgan fingerprint density at radius 2 is 1.86 bits per heavy atom. The first-order valence-corrected chi connectivity index (χ1v) is 7.97. The summed E-state index contributed by atoms with van der Waals surface area (Å²) >= 11 is 0. The van der Waals surface area contributed by atoms with E-state index < -0.39 is 35.1 Å². The van der Waals surface area contributed by atoms with Crippen LogP contribution >= 0.6 is 0 Å². The molecule has 0 unspecified atom stereocenters. The van der Waals surface area contributed by atoms with Crippen molar-refractivity contribution in [1.82, 2.24) is 4.90 Å². The Morgan fingerprint density at radius 3 is 2.50 bits per heavy atom. The number of anilines is 1. The van der Waals surface area contributed by atoms with Gasteiger partial charge in [-0.15, -0.1) is 0 Å². The van der Waals surface area contributed by atoms with Gasteiger partial charge in [-0.2, -0.15) is 0 Å². The standard InChI is InChI=1S/C18H16FN3O6/c1-21(10-16(23)20-14-7-5-13(19)6-8-14)17(24)11-28-18(25)12-3-2-4-15(9-12)22(26)27/h2-9H,10-11H2,1H3,(H,20,23). The van der Waals surface area contributed by atoms with Crippen LogP contribution in [0.1, 0.15) is 10.4 Å². The largest absolute Gasteiger partial charge is 0.452 e. The first-order valence-electron chi connectivity index (χ1n) is 7.97. The highest BCUT2D eigenvalue weighted by molar-refractivity contribution is 5.95. The highest BCUT2D eigenvalue weighted by Gasteiger charge is 2.17. The van der Waals surface area contributed by atoms with Gasteiger partial charge in [-0.05, 0) is 30.3 Å². The third-order valence-electron chi connectivity index (χ3n) is 3.55. The zero-order chi connectivity index (χ0) is 20.7. The first kappa shape index (κ1) is 20.5. The van der Waals surface area contributed by atoms with Crippen LogP contribution in [0.25, 0.3) is 0 Å². The molecule has 2 amide bonds. The van der Waals surface area contributed by atoms with Crippen LogP contribution in [0.4, 0.5) is 15.8 Å². The third kappa shape index (κ3) is 5.87. The highest BCUT2D eigenvalue weighted by Crippen LogP contribution is 2.14. The number of hydrogen-bond acceptors (Lipinski definition) is 6. The van der Waals surface area contributed by atoms with E-state index in [4.69, 9.17) is 4.74 Å². The molecule has 0 aliphatic rings. The molecule has 0 aliphatic carbocycles. The molecular weight excluding hydrogens is 373 g/mol. The summed E-state index contributed by atoms with van der Waals surface area (Å²) in [5.41, 5.74) is 0.0124. The minimum Gasteiger partial charge on any atom is -0.452 e. The molecular formula is C18H16FN3O6. The average Bonchev–Trinajstić information content (AvgIpc) is 2.67. The lowest BCUT2D eigenvalue weighted by Gasteiger charge is -2.16. The van der Waals surface area contributed by atoms with Crippen LogP contribution in [0.15, 0.2) is 48.5 Å². The molecule has 2 aromatic carbocycles. The number of hydrogen-bond donors (Lipinski definition) is 1. The van der Waals surface area contributed by atoms with Crippen LogP contribution in [0.2, 0.25) is 0 Å². The van der Waals surface area contributed by atoms with E-state index in [1.807, 2.05) is 0 Å². The third-order valence-corrected chi connectivity index (χ3v) is 3.55. The fraction of sp³-hybridized carbons (Fsp3) is 0.167. The van der Waals surface area contributed by atoms with Gasteiger partial charge in [-0.3, -0.25) is 19.7 Å². The molecule has 0 fully saturated rings. The molecule has 2 rings (SSSR count). The summed E-state index contributed by atoms with van der Waals surface area (Å²) in [7, 11) is 1.34. The summed E-state index contributed by atoms with van der Waals surface area (Å²) in [6.45, 7) is -0.952. The molecule has 28 heavy (non-hydrogen) atoms. The first-order chi connectivity index (χ1) is 13.3. The minimum atomic E-state index is -0.902. The van der Waals surface area contributed by atoms with Crippen molar-refractivity contribution in [2.24, 2.45) is 0 Å². The molecule has 1 N–H and O–H groups in total. The maximum absolute atomic E-state index is 12.8. The SMILES string of the molecule is CN(CC(=O)Nc1ccc(F)cc1)C(=O)COC(=O)c1cccc([N+](=O)[O-])c1. The van der Waals surface area contributed by atoms with Crippen molar-refractivity contribution in [3.63, 3.8) is 0 Å². The second-order valence-corrected chi connectivity index (χ2v) is 5.69. The molecule has 0 aliphatic heterocycles. The molecule has 0 bridgehead atoms. The molecule has 9 nitrogen and oxygen atoms in total. The van der Waals surface area contributed by atoms with Gasteiger partial charge in [0.15, 0.2) is 6.61 Å². The number of ether oxygens (including phenoxy) is 1. The number of nitrogens with one attached hydrogen (secondary N) is 1. The summed E-state index contributed by atoms with van der Waals surface area (Å²) in [5.74, 6) is -2.52. The van der Waals surface area contributed by atoms with Crippen molar-refractivity contribution in [2.45, 2.75) is 0 Å². The molecule has 2 aromatic rings. The lowest BCUT2D eigenvalue weighted by atomic mass is 10.2. The Morgan fingerprint density at radius 1 is 1.18 bits per heavy atom. The normalized spacial score (nSPS) is 10.1. The molecule has 0 atom stereocenters. The molecule has 10 heteroatoms. The summed E-state index contributed by atoms with van der Waals surface area (Å²) in [5, 5.41) is 13.2. The van der Waals surface area contributed by atoms with E-state index in [-0.39, 0.29) is 17.8 Å². The Balaban J connectivity index is 1.83. The maximum Gasteiger partial charge on any atom is 0.338 e. The van der Waals surface area contributed by atoms with Gasteiger partial charge < -0.3 is 15.0 Å². The van der Waals surface area contributed by atoms with E-state index in [0.29, 0.717) is 5.69 Å². The smallest absolute Gasteiger partial charge is 0.338 e. The summed E-state index contributed by atoms with van der Waals surface area (Å²) in [6, 6.07) is 9.99. The molecule has 0 spiro atoms. The monoisotopic (exact) mass is 389 g/mol. The summed E-state index contributed by atoms with van der Waals surface area (Å²) < 4.78 is 17.7. The number of amides is 2. The number of benzene rings is 2. The Labute approximate surface area is 158 Å². The van der Waals surface area contributed by atoms with Crippen molar-refractivity contribution >= 4 is 29.2 Å². The zero-order valence-corrected chi connectivity index (χ0v) is 14.8. The number of carbonyl (C=O) groups is 3. The van der Waals surface area contributed by atoms with Crippen LogP contribution in [0, 0.1) is 15.9 Å². The van der Waals surface area contributed by atoms with Crippen molar-refractivity contribution in [3.05, 3.63) is 70.0 Å². The van der Waals surface area contributed by atoms with Gasteiger partial charge in [-0.25, -0.2) is 9.18 Å². The van der Waals surface area contributed by atoms with E-state index in [2.05, 4.69) is 5.32 Å². The lowest BCUT2D eigenvalue weighted by Crippen LogP contribution is -2.37. The van der Waals surface area contributed by atoms with Gasteiger partial charge in [0.1, 0.15) is 5.82 Å². The van der Waals surface area contributed by atoms with E-state index >= 15 is 0 Å². The van der Waals surface area contributed by atoms with Crippen molar-refractivity contribution in [3.8, 4) is 0 Å². The number of nitro groups is 1. The number of carbonyl (C=O) groups excluding carboxylic acids is 3. The zero-order valence-electron chi connectivity index (χ0n) is 14.8. The van der Waals surface area contributed by atoms with Crippen molar-refractivity contribution < 1.29 is 28.4 Å². The molecule has 0 radical (unpaired) electrons. The van der Waals surface area contributed by atoms with Crippen molar-refractivity contribution in [1.29, 1.82) is 0 Å². The van der Waals surface area contributed by atoms with Crippen LogP contribution < -0.4 is 5.32 Å². The number of likely N-dealkylation sites (N-methyl/N-ethyl adjacent to an activating group) is 1. The van der Waals surface area contributed by atoms with Crippen LogP contribution in [-0.4, -0.2) is 47.8 Å². The number of rotatable bonds is 7. The van der Waals surface area contributed by atoms with Gasteiger partial charge in [0, 0.05) is 24.9 Å². The molecule has 0 heterocycles. The van der Waals surface area contributed by atoms with Gasteiger partial charge >= 0.3 is 5.97 Å². The number of nitro benzene ring substituents is 1. The Kier molecular flexibility index (Phi) is 6.74. The maximum atomic E-state index is 12.8. The topological polar surface area (TPSA) is 119 Å². The second-order valence-electron chi connectivity index (χ2n) is 5.69. The highest BCUT2D eigenvalue weighted by atomic mass is 19.1. The molecule has 0 aromatic heterocycles. The van der Waals surface area contributed by atoms with Gasteiger partial charge in [0.2, 0.25) is 5.91 Å². The predicted molar refractivity (Wildman–Crippen MR) is 96.0 cm³/mol. The number of esters is 1. The minimum absolute atomic E-state index is 0.0706. The van der Waals surface area contributed by atoms with Gasteiger partial charge in [-0.1, -0.05) is 6.07 Å². The van der Waals surface area contributed by atoms with Gasteiger partial charge in [0.25, 0.3) is 11.6 Å². The van der Waals surface area contributed by atoms with E-state index in [1.54, 1.807) is 0 Å². The van der Waals surface area contributed by atoms with E-state index in [9.17, 15) is 28.9 Å². The number of non-ortho nitro benzene ring substituents is 1. The second kappa shape index (κ2) is 9.21. The number of nitrogens with zero attached hydrogens (tertiary/aromatic N) is 2. The summed E-state index contributed by atoms with van der Waals surface area (Å²) in [6.07, 6.45) is 0. The molecule has 0 saturated heterocycles. The predicted octanol–water partition coefficient (Wildman–Crippen LogP) is 1.99. The van der Waals surface area contributed by atoms with E-state index in [0.717, 1.165) is 11.0 Å². The molecule has 0 saturated carbocycles. The molecule has 146 valence electrons. The number of halogens is 1. The Hall–Kier alpha value is -3.82. The fourth-order valence-corrected chi connectivity index (χ4v) is 2.10. The lowest BCUT2D eigenvalue weighted by molar-refractivity contribution is -0.384. The van der Waals surface area contributed by atoms with Crippen molar-refractivity contribution in [2.75, 3.05) is 25.5 Å². The Bertz CT molecular complexity index is 900. The fourth-order valence-electron chi connectivity index (χ4n) is 2.10. The van der Waals surface area contributed by atoms with Gasteiger partial charge in [0.05, 0.1) is 17.0 Å².